The summed E-state index contributed by atoms with van der Waals surface area (Å²) in [6.45, 7) is 1.72. The summed E-state index contributed by atoms with van der Waals surface area (Å²) in [7, 11) is -0.996. The van der Waals surface area contributed by atoms with Gasteiger partial charge in [-0.3, -0.25) is 9.59 Å². The minimum atomic E-state index is -3.79. The Balaban J connectivity index is 1.88. The van der Waals surface area contributed by atoms with Crippen LogP contribution in [0.2, 0.25) is 0 Å². The lowest BCUT2D eigenvalue weighted by atomic mass is 10.0. The maximum absolute atomic E-state index is 13.1. The molecule has 1 aromatic heterocycles. The number of pyridine rings is 1. The Bertz CT molecular complexity index is 1470. The summed E-state index contributed by atoms with van der Waals surface area (Å²) in [6, 6.07) is 12.5. The third-order valence-electron chi connectivity index (χ3n) is 5.62. The van der Waals surface area contributed by atoms with E-state index < -0.39 is 51.5 Å². The molecule has 1 atom stereocenters. The number of anilines is 1. The standard InChI is InChI=1S/C25H28N4O7S/c1-16-8-10-17(11-9-16)19(14-22(31)32)26-25(34)27-23-20(30)12-13-29(24(23)33)15-18-6-4-5-7-21(18)37(35,36)28(2)3/h4-13,19,30H,14-15H2,1-3H3,(H,31,32)(H2,26,27,34)/t19-/m0/s1. The summed E-state index contributed by atoms with van der Waals surface area (Å²) in [5.74, 6) is -1.64. The number of aliphatic carboxylic acids is 1. The molecule has 37 heavy (non-hydrogen) atoms. The van der Waals surface area contributed by atoms with Gasteiger partial charge in [-0.2, -0.15) is 0 Å². The zero-order valence-corrected chi connectivity index (χ0v) is 21.3. The van der Waals surface area contributed by atoms with E-state index in [1.165, 1.54) is 32.4 Å². The number of carbonyl (C=O) groups is 2. The molecule has 0 aliphatic carbocycles. The molecule has 0 aliphatic heterocycles. The Morgan fingerprint density at radius 1 is 1.05 bits per heavy atom. The molecule has 2 amide bonds. The predicted molar refractivity (Wildman–Crippen MR) is 137 cm³/mol. The molecular formula is C25H28N4O7S. The summed E-state index contributed by atoms with van der Waals surface area (Å²) in [4.78, 5) is 37.2. The highest BCUT2D eigenvalue weighted by atomic mass is 32.2. The number of aromatic nitrogens is 1. The van der Waals surface area contributed by atoms with Crippen LogP contribution in [0.1, 0.15) is 29.2 Å². The Morgan fingerprint density at radius 3 is 2.32 bits per heavy atom. The van der Waals surface area contributed by atoms with Gasteiger partial charge in [-0.05, 0) is 30.2 Å². The number of aryl methyl sites for hydroxylation is 1. The highest BCUT2D eigenvalue weighted by molar-refractivity contribution is 7.89. The molecule has 0 spiro atoms. The number of hydrogen-bond acceptors (Lipinski definition) is 6. The molecular weight excluding hydrogens is 500 g/mol. The largest absolute Gasteiger partial charge is 0.505 e. The third-order valence-corrected chi connectivity index (χ3v) is 7.53. The number of amides is 2. The lowest BCUT2D eigenvalue weighted by Crippen LogP contribution is -2.36. The van der Waals surface area contributed by atoms with E-state index in [1.54, 1.807) is 42.5 Å². The molecule has 0 saturated carbocycles. The van der Waals surface area contributed by atoms with Crippen LogP contribution in [0.4, 0.5) is 10.5 Å². The van der Waals surface area contributed by atoms with E-state index in [0.29, 0.717) is 11.1 Å². The van der Waals surface area contributed by atoms with E-state index in [-0.39, 0.29) is 11.4 Å². The second-order valence-corrected chi connectivity index (χ2v) is 10.7. The number of carbonyl (C=O) groups excluding carboxylic acids is 1. The number of carboxylic acid groups (broad SMARTS) is 1. The van der Waals surface area contributed by atoms with Crippen molar-refractivity contribution in [3.8, 4) is 5.75 Å². The van der Waals surface area contributed by atoms with Crippen molar-refractivity contribution < 1.29 is 28.2 Å². The Labute approximate surface area is 214 Å². The maximum atomic E-state index is 13.1. The first-order valence-electron chi connectivity index (χ1n) is 11.2. The zero-order valence-electron chi connectivity index (χ0n) is 20.5. The highest BCUT2D eigenvalue weighted by Gasteiger charge is 2.23. The van der Waals surface area contributed by atoms with Crippen LogP contribution in [0.25, 0.3) is 0 Å². The molecule has 11 nitrogen and oxygen atoms in total. The van der Waals surface area contributed by atoms with Gasteiger partial charge in [0.2, 0.25) is 10.0 Å². The van der Waals surface area contributed by atoms with Gasteiger partial charge in [-0.25, -0.2) is 17.5 Å². The number of urea groups is 1. The van der Waals surface area contributed by atoms with E-state index in [4.69, 9.17) is 0 Å². The molecule has 0 bridgehead atoms. The number of hydrogen-bond donors (Lipinski definition) is 4. The zero-order chi connectivity index (χ0) is 27.3. The van der Waals surface area contributed by atoms with Crippen molar-refractivity contribution in [1.29, 1.82) is 0 Å². The van der Waals surface area contributed by atoms with Crippen LogP contribution in [0.3, 0.4) is 0 Å². The fourth-order valence-electron chi connectivity index (χ4n) is 3.61. The summed E-state index contributed by atoms with van der Waals surface area (Å²) in [5.41, 5.74) is 0.622. The summed E-state index contributed by atoms with van der Waals surface area (Å²) in [6.07, 6.45) is 0.873. The fourth-order valence-corrected chi connectivity index (χ4v) is 4.71. The average Bonchev–Trinajstić information content (AvgIpc) is 2.83. The number of carboxylic acids is 1. The van der Waals surface area contributed by atoms with Gasteiger partial charge in [0.15, 0.2) is 5.69 Å². The van der Waals surface area contributed by atoms with Crippen LogP contribution in [0.15, 0.2) is 70.5 Å². The van der Waals surface area contributed by atoms with Crippen LogP contribution in [0.5, 0.6) is 5.75 Å². The first-order valence-corrected chi connectivity index (χ1v) is 12.6. The number of sulfonamides is 1. The summed E-state index contributed by atoms with van der Waals surface area (Å²) in [5, 5.41) is 24.4. The van der Waals surface area contributed by atoms with Gasteiger partial charge in [0.05, 0.1) is 23.9 Å². The van der Waals surface area contributed by atoms with E-state index >= 15 is 0 Å². The van der Waals surface area contributed by atoms with Crippen molar-refractivity contribution in [2.75, 3.05) is 19.4 Å². The number of nitrogens with one attached hydrogen (secondary N) is 2. The molecule has 4 N–H and O–H groups in total. The van der Waals surface area contributed by atoms with Crippen LogP contribution in [-0.2, 0) is 21.4 Å². The van der Waals surface area contributed by atoms with Gasteiger partial charge in [0.1, 0.15) is 5.75 Å². The van der Waals surface area contributed by atoms with Gasteiger partial charge in [-0.1, -0.05) is 48.0 Å². The van der Waals surface area contributed by atoms with Gasteiger partial charge < -0.3 is 25.4 Å². The van der Waals surface area contributed by atoms with Crippen molar-refractivity contribution in [3.63, 3.8) is 0 Å². The van der Waals surface area contributed by atoms with Crippen LogP contribution in [0, 0.1) is 6.92 Å². The van der Waals surface area contributed by atoms with Gasteiger partial charge >= 0.3 is 12.0 Å². The normalized spacial score (nSPS) is 12.2. The Hall–Kier alpha value is -4.16. The second-order valence-electron chi connectivity index (χ2n) is 8.56. The van der Waals surface area contributed by atoms with E-state index in [0.717, 1.165) is 14.4 Å². The molecule has 0 aliphatic rings. The lowest BCUT2D eigenvalue weighted by Gasteiger charge is -2.19. The fraction of sp³-hybridized carbons (Fsp3) is 0.240. The number of benzene rings is 2. The summed E-state index contributed by atoms with van der Waals surface area (Å²) >= 11 is 0. The third kappa shape index (κ3) is 6.54. The van der Waals surface area contributed by atoms with E-state index in [1.807, 2.05) is 6.92 Å². The molecule has 3 rings (SSSR count). The van der Waals surface area contributed by atoms with Crippen molar-refractivity contribution >= 4 is 27.7 Å². The first kappa shape index (κ1) is 27.4. The predicted octanol–water partition coefficient (Wildman–Crippen LogP) is 2.50. The van der Waals surface area contributed by atoms with Crippen molar-refractivity contribution in [2.45, 2.75) is 30.8 Å². The van der Waals surface area contributed by atoms with E-state index in [9.17, 15) is 33.0 Å². The van der Waals surface area contributed by atoms with E-state index in [2.05, 4.69) is 10.6 Å². The topological polar surface area (TPSA) is 158 Å². The van der Waals surface area contributed by atoms with Gasteiger partial charge in [0.25, 0.3) is 5.56 Å². The highest BCUT2D eigenvalue weighted by Crippen LogP contribution is 2.22. The lowest BCUT2D eigenvalue weighted by molar-refractivity contribution is -0.137. The van der Waals surface area contributed by atoms with Crippen molar-refractivity contribution in [3.05, 3.63) is 87.8 Å². The molecule has 0 fully saturated rings. The van der Waals surface area contributed by atoms with Gasteiger partial charge in [0, 0.05) is 20.3 Å². The molecule has 12 heteroatoms. The SMILES string of the molecule is Cc1ccc([C@H](CC(=O)O)NC(=O)Nc2c(O)ccn(Cc3ccccc3S(=O)(=O)N(C)C)c2=O)cc1. The summed E-state index contributed by atoms with van der Waals surface area (Å²) < 4.78 is 27.6. The monoisotopic (exact) mass is 528 g/mol. The van der Waals surface area contributed by atoms with Crippen molar-refractivity contribution in [1.82, 2.24) is 14.2 Å². The minimum absolute atomic E-state index is 0.0156. The second kappa shape index (κ2) is 11.3. The smallest absolute Gasteiger partial charge is 0.319 e. The molecule has 0 unspecified atom stereocenters. The maximum Gasteiger partial charge on any atom is 0.319 e. The Kier molecular flexibility index (Phi) is 8.35. The van der Waals surface area contributed by atoms with Crippen LogP contribution < -0.4 is 16.2 Å². The Morgan fingerprint density at radius 2 is 1.70 bits per heavy atom. The molecule has 1 heterocycles. The minimum Gasteiger partial charge on any atom is -0.505 e. The number of aromatic hydroxyl groups is 1. The quantitative estimate of drug-likeness (QED) is 0.332. The van der Waals surface area contributed by atoms with Gasteiger partial charge in [-0.15, -0.1) is 0 Å². The van der Waals surface area contributed by atoms with Crippen LogP contribution in [-0.4, -0.2) is 53.6 Å². The first-order chi connectivity index (χ1) is 17.4. The number of nitrogens with zero attached hydrogens (tertiary/aromatic N) is 2. The average molecular weight is 529 g/mol. The molecule has 196 valence electrons. The molecule has 0 radical (unpaired) electrons. The number of rotatable bonds is 9. The van der Waals surface area contributed by atoms with Crippen molar-refractivity contribution in [2.24, 2.45) is 0 Å². The molecule has 3 aromatic rings. The van der Waals surface area contributed by atoms with Crippen LogP contribution >= 0.6 is 0 Å². The molecule has 2 aromatic carbocycles. The molecule has 0 saturated heterocycles.